The molecular formula is C15H20N2O2. The molecule has 0 aliphatic rings. The Hall–Kier alpha value is -1.97. The lowest BCUT2D eigenvalue weighted by atomic mass is 10.1. The van der Waals surface area contributed by atoms with Gasteiger partial charge in [-0.1, -0.05) is 25.5 Å². The zero-order chi connectivity index (χ0) is 13.8. The van der Waals surface area contributed by atoms with Crippen LogP contribution in [0, 0.1) is 6.92 Å². The van der Waals surface area contributed by atoms with Crippen LogP contribution in [0.3, 0.4) is 0 Å². The van der Waals surface area contributed by atoms with E-state index in [1.54, 1.807) is 4.68 Å². The van der Waals surface area contributed by atoms with Crippen molar-refractivity contribution in [1.29, 1.82) is 0 Å². The van der Waals surface area contributed by atoms with E-state index in [2.05, 4.69) is 12.0 Å². The summed E-state index contributed by atoms with van der Waals surface area (Å²) in [6.07, 6.45) is 2.11. The molecule has 1 aromatic heterocycles. The van der Waals surface area contributed by atoms with Gasteiger partial charge in [-0.15, -0.1) is 0 Å². The van der Waals surface area contributed by atoms with Crippen molar-refractivity contribution in [3.63, 3.8) is 0 Å². The van der Waals surface area contributed by atoms with Gasteiger partial charge in [0, 0.05) is 12.6 Å². The van der Waals surface area contributed by atoms with E-state index in [1.807, 2.05) is 38.2 Å². The van der Waals surface area contributed by atoms with Crippen molar-refractivity contribution in [3.8, 4) is 22.8 Å². The number of unbranched alkanes of at least 4 members (excludes halogenated alkanes) is 1. The Morgan fingerprint density at radius 2 is 2.05 bits per heavy atom. The van der Waals surface area contributed by atoms with Gasteiger partial charge in [0.2, 0.25) is 0 Å². The number of para-hydroxylation sites is 1. The molecular weight excluding hydrogens is 240 g/mol. The van der Waals surface area contributed by atoms with Gasteiger partial charge in [-0.05, 0) is 25.5 Å². The topological polar surface area (TPSA) is 47.3 Å². The third-order valence-electron chi connectivity index (χ3n) is 3.20. The van der Waals surface area contributed by atoms with Crippen LogP contribution in [0.25, 0.3) is 11.3 Å². The molecule has 1 N–H and O–H groups in total. The van der Waals surface area contributed by atoms with Gasteiger partial charge in [0.1, 0.15) is 11.4 Å². The van der Waals surface area contributed by atoms with Crippen LogP contribution in [-0.4, -0.2) is 21.5 Å². The van der Waals surface area contributed by atoms with Crippen molar-refractivity contribution in [3.05, 3.63) is 30.0 Å². The molecule has 4 heteroatoms. The van der Waals surface area contributed by atoms with Crippen molar-refractivity contribution in [1.82, 2.24) is 9.78 Å². The minimum atomic E-state index is 0.217. The van der Waals surface area contributed by atoms with Crippen molar-refractivity contribution in [2.75, 3.05) is 6.61 Å². The van der Waals surface area contributed by atoms with Crippen molar-refractivity contribution in [2.24, 2.45) is 7.05 Å². The molecule has 1 aromatic carbocycles. The van der Waals surface area contributed by atoms with E-state index in [-0.39, 0.29) is 5.75 Å². The number of rotatable bonds is 5. The maximum Gasteiger partial charge on any atom is 0.164 e. The van der Waals surface area contributed by atoms with Crippen LogP contribution in [0.5, 0.6) is 11.5 Å². The zero-order valence-corrected chi connectivity index (χ0v) is 11.7. The van der Waals surface area contributed by atoms with Crippen LogP contribution in [0.1, 0.15) is 25.5 Å². The van der Waals surface area contributed by atoms with Crippen molar-refractivity contribution in [2.45, 2.75) is 26.7 Å². The fourth-order valence-corrected chi connectivity index (χ4v) is 1.89. The fourth-order valence-electron chi connectivity index (χ4n) is 1.89. The number of hydrogen-bond acceptors (Lipinski definition) is 3. The third-order valence-corrected chi connectivity index (χ3v) is 3.20. The molecule has 0 aliphatic carbocycles. The first-order chi connectivity index (χ1) is 9.15. The highest BCUT2D eigenvalue weighted by Gasteiger charge is 2.16. The molecule has 2 rings (SSSR count). The number of aromatic hydroxyl groups is 1. The van der Waals surface area contributed by atoms with Gasteiger partial charge in [-0.25, -0.2) is 0 Å². The summed E-state index contributed by atoms with van der Waals surface area (Å²) >= 11 is 0. The van der Waals surface area contributed by atoms with E-state index in [0.717, 1.165) is 29.8 Å². The molecule has 0 amide bonds. The molecule has 0 spiro atoms. The lowest BCUT2D eigenvalue weighted by molar-refractivity contribution is 0.310. The summed E-state index contributed by atoms with van der Waals surface area (Å²) in [6.45, 7) is 4.65. The molecule has 19 heavy (non-hydrogen) atoms. The van der Waals surface area contributed by atoms with Crippen LogP contribution in [-0.2, 0) is 7.05 Å². The van der Waals surface area contributed by atoms with Gasteiger partial charge in [0.25, 0.3) is 0 Å². The second kappa shape index (κ2) is 5.78. The Labute approximate surface area is 113 Å². The average Bonchev–Trinajstić information content (AvgIpc) is 2.67. The van der Waals surface area contributed by atoms with Gasteiger partial charge in [0.15, 0.2) is 5.75 Å². The zero-order valence-electron chi connectivity index (χ0n) is 11.7. The highest BCUT2D eigenvalue weighted by Crippen LogP contribution is 2.36. The molecule has 1 heterocycles. The van der Waals surface area contributed by atoms with E-state index >= 15 is 0 Å². The normalized spacial score (nSPS) is 10.7. The summed E-state index contributed by atoms with van der Waals surface area (Å²) in [4.78, 5) is 0. The minimum absolute atomic E-state index is 0.217. The summed E-state index contributed by atoms with van der Waals surface area (Å²) < 4.78 is 7.45. The van der Waals surface area contributed by atoms with Gasteiger partial charge >= 0.3 is 0 Å². The fraction of sp³-hybridized carbons (Fsp3) is 0.400. The van der Waals surface area contributed by atoms with Crippen LogP contribution in [0.15, 0.2) is 24.3 Å². The molecule has 0 unspecified atom stereocenters. The molecule has 0 saturated heterocycles. The van der Waals surface area contributed by atoms with Crippen molar-refractivity contribution >= 4 is 0 Å². The van der Waals surface area contributed by atoms with Crippen LogP contribution in [0.4, 0.5) is 0 Å². The Balaban J connectivity index is 2.36. The van der Waals surface area contributed by atoms with Gasteiger partial charge < -0.3 is 9.84 Å². The number of hydrogen-bond donors (Lipinski definition) is 1. The Kier molecular flexibility index (Phi) is 4.10. The summed E-state index contributed by atoms with van der Waals surface area (Å²) in [7, 11) is 1.82. The Morgan fingerprint density at radius 3 is 2.68 bits per heavy atom. The Bertz CT molecular complexity index is 561. The molecule has 0 saturated carbocycles. The van der Waals surface area contributed by atoms with Crippen LogP contribution >= 0.6 is 0 Å². The smallest absolute Gasteiger partial charge is 0.164 e. The SMILES string of the molecule is CCCCOc1ccccc1-c1nn(C)c(C)c1O. The number of benzene rings is 1. The third kappa shape index (κ3) is 2.72. The average molecular weight is 260 g/mol. The molecule has 102 valence electrons. The Morgan fingerprint density at radius 1 is 1.32 bits per heavy atom. The predicted molar refractivity (Wildman–Crippen MR) is 75.4 cm³/mol. The number of aryl methyl sites for hydroxylation is 1. The molecule has 2 aromatic rings. The first kappa shape index (κ1) is 13.5. The largest absolute Gasteiger partial charge is 0.504 e. The molecule has 0 radical (unpaired) electrons. The molecule has 4 nitrogen and oxygen atoms in total. The number of nitrogens with zero attached hydrogens (tertiary/aromatic N) is 2. The highest BCUT2D eigenvalue weighted by molar-refractivity contribution is 5.72. The number of ether oxygens (including phenoxy) is 1. The summed E-state index contributed by atoms with van der Waals surface area (Å²) in [5.74, 6) is 0.985. The second-order valence-electron chi connectivity index (χ2n) is 4.60. The van der Waals surface area contributed by atoms with Gasteiger partial charge in [-0.2, -0.15) is 5.10 Å². The highest BCUT2D eigenvalue weighted by atomic mass is 16.5. The summed E-state index contributed by atoms with van der Waals surface area (Å²) in [5, 5.41) is 14.5. The van der Waals surface area contributed by atoms with Gasteiger partial charge in [-0.3, -0.25) is 4.68 Å². The van der Waals surface area contributed by atoms with Crippen molar-refractivity contribution < 1.29 is 9.84 Å². The minimum Gasteiger partial charge on any atom is -0.504 e. The van der Waals surface area contributed by atoms with Crippen LogP contribution in [0.2, 0.25) is 0 Å². The van der Waals surface area contributed by atoms with E-state index in [4.69, 9.17) is 4.74 Å². The molecule has 0 bridgehead atoms. The molecule has 0 aliphatic heterocycles. The summed E-state index contributed by atoms with van der Waals surface area (Å²) in [6, 6.07) is 7.68. The van der Waals surface area contributed by atoms with E-state index < -0.39 is 0 Å². The number of aromatic nitrogens is 2. The van der Waals surface area contributed by atoms with E-state index in [1.165, 1.54) is 0 Å². The quantitative estimate of drug-likeness (QED) is 0.839. The van der Waals surface area contributed by atoms with Gasteiger partial charge in [0.05, 0.1) is 12.3 Å². The van der Waals surface area contributed by atoms with E-state index in [9.17, 15) is 5.11 Å². The lowest BCUT2D eigenvalue weighted by Crippen LogP contribution is -1.98. The van der Waals surface area contributed by atoms with E-state index in [0.29, 0.717) is 12.3 Å². The maximum absolute atomic E-state index is 10.1. The lowest BCUT2D eigenvalue weighted by Gasteiger charge is -2.09. The molecule has 0 atom stereocenters. The predicted octanol–water partition coefficient (Wildman–Crippen LogP) is 3.28. The standard InChI is InChI=1S/C15H20N2O2/c1-4-5-10-19-13-9-7-6-8-12(13)14-15(18)11(2)17(3)16-14/h6-9,18H,4-5,10H2,1-3H3. The first-order valence-corrected chi connectivity index (χ1v) is 6.60. The molecule has 0 fully saturated rings. The maximum atomic E-state index is 10.1. The monoisotopic (exact) mass is 260 g/mol. The second-order valence-corrected chi connectivity index (χ2v) is 4.60. The van der Waals surface area contributed by atoms with Crippen LogP contribution < -0.4 is 4.74 Å². The first-order valence-electron chi connectivity index (χ1n) is 6.60. The summed E-state index contributed by atoms with van der Waals surface area (Å²) in [5.41, 5.74) is 2.16.